The Morgan fingerprint density at radius 2 is 2.12 bits per heavy atom. The van der Waals surface area contributed by atoms with Gasteiger partial charge in [-0.25, -0.2) is 0 Å². The number of aromatic nitrogens is 4. The second-order valence-corrected chi connectivity index (χ2v) is 6.34. The topological polar surface area (TPSA) is 75.1 Å². The van der Waals surface area contributed by atoms with Crippen LogP contribution in [0.4, 0.5) is 5.95 Å². The quantitative estimate of drug-likeness (QED) is 0.698. The zero-order valence-electron chi connectivity index (χ0n) is 13.1. The molecule has 6 nitrogen and oxygen atoms in total. The lowest BCUT2D eigenvalue weighted by molar-refractivity contribution is 0.766. The third kappa shape index (κ3) is 3.71. The number of nitrogens with zero attached hydrogens (tertiary/aromatic N) is 3. The molecule has 2 heterocycles. The number of fused-ring (bicyclic) bond motifs is 1. The van der Waals surface area contributed by atoms with Crippen LogP contribution in [0.5, 0.6) is 0 Å². The standard InChI is InChI=1S/C16H17Cl2N5O/c1-2-3-4-12-8-14(24)23-16(20-12)21-15(22-23)19-9-10-5-6-11(17)7-13(10)18/h5-8H,2-4,9H2,1H3,(H2,19,20,21,22). The molecule has 3 rings (SSSR count). The van der Waals surface area contributed by atoms with Crippen LogP contribution in [0.15, 0.2) is 29.1 Å². The van der Waals surface area contributed by atoms with Crippen molar-refractivity contribution in [3.8, 4) is 0 Å². The molecule has 0 fully saturated rings. The highest BCUT2D eigenvalue weighted by Gasteiger charge is 2.09. The van der Waals surface area contributed by atoms with E-state index in [-0.39, 0.29) is 5.56 Å². The van der Waals surface area contributed by atoms with Crippen LogP contribution in [0.25, 0.3) is 5.78 Å². The number of H-pyrrole nitrogens is 1. The zero-order chi connectivity index (χ0) is 17.1. The molecule has 0 amide bonds. The molecular formula is C16H17Cl2N5O. The number of unbranched alkanes of at least 4 members (excludes halogenated alkanes) is 1. The van der Waals surface area contributed by atoms with E-state index in [4.69, 9.17) is 23.2 Å². The van der Waals surface area contributed by atoms with Gasteiger partial charge >= 0.3 is 0 Å². The van der Waals surface area contributed by atoms with Gasteiger partial charge in [0.15, 0.2) is 0 Å². The summed E-state index contributed by atoms with van der Waals surface area (Å²) in [5.41, 5.74) is 1.55. The minimum absolute atomic E-state index is 0.195. The van der Waals surface area contributed by atoms with Gasteiger partial charge in [-0.1, -0.05) is 42.6 Å². The van der Waals surface area contributed by atoms with Crippen LogP contribution in [0, 0.1) is 0 Å². The highest BCUT2D eigenvalue weighted by Crippen LogP contribution is 2.21. The van der Waals surface area contributed by atoms with E-state index in [1.54, 1.807) is 18.2 Å². The fourth-order valence-electron chi connectivity index (χ4n) is 2.35. The third-order valence-corrected chi connectivity index (χ3v) is 4.22. The molecule has 0 aliphatic carbocycles. The zero-order valence-corrected chi connectivity index (χ0v) is 14.7. The molecule has 0 aliphatic rings. The van der Waals surface area contributed by atoms with Gasteiger partial charge in [0.05, 0.1) is 0 Å². The van der Waals surface area contributed by atoms with Crippen molar-refractivity contribution in [3.63, 3.8) is 0 Å². The number of rotatable bonds is 6. The van der Waals surface area contributed by atoms with Crippen LogP contribution in [-0.4, -0.2) is 19.6 Å². The first-order chi connectivity index (χ1) is 11.6. The van der Waals surface area contributed by atoms with Gasteiger partial charge in [-0.3, -0.25) is 4.79 Å². The van der Waals surface area contributed by atoms with Crippen LogP contribution >= 0.6 is 23.2 Å². The van der Waals surface area contributed by atoms with E-state index < -0.39 is 0 Å². The number of hydrogen-bond acceptors (Lipinski definition) is 4. The summed E-state index contributed by atoms with van der Waals surface area (Å²) in [6.07, 6.45) is 2.90. The van der Waals surface area contributed by atoms with Gasteiger partial charge in [0.2, 0.25) is 11.7 Å². The maximum absolute atomic E-state index is 12.1. The first-order valence-corrected chi connectivity index (χ1v) is 8.49. The summed E-state index contributed by atoms with van der Waals surface area (Å²) >= 11 is 12.0. The first kappa shape index (κ1) is 16.8. The van der Waals surface area contributed by atoms with Crippen molar-refractivity contribution in [1.29, 1.82) is 0 Å². The molecule has 8 heteroatoms. The van der Waals surface area contributed by atoms with E-state index in [1.165, 1.54) is 4.52 Å². The smallest absolute Gasteiger partial charge is 0.275 e. The Kier molecular flexibility index (Phi) is 5.06. The van der Waals surface area contributed by atoms with Crippen molar-refractivity contribution in [2.45, 2.75) is 32.7 Å². The molecule has 0 bridgehead atoms. The summed E-state index contributed by atoms with van der Waals surface area (Å²) in [6, 6.07) is 6.85. The number of aromatic amines is 1. The molecule has 0 atom stereocenters. The normalized spacial score (nSPS) is 11.1. The first-order valence-electron chi connectivity index (χ1n) is 7.73. The van der Waals surface area contributed by atoms with Crippen LogP contribution < -0.4 is 10.9 Å². The number of aryl methyl sites for hydroxylation is 1. The molecule has 2 N–H and O–H groups in total. The van der Waals surface area contributed by atoms with Crippen LogP contribution in [0.2, 0.25) is 10.0 Å². The van der Waals surface area contributed by atoms with Crippen molar-refractivity contribution >= 4 is 34.9 Å². The van der Waals surface area contributed by atoms with Crippen molar-refractivity contribution < 1.29 is 0 Å². The molecule has 2 aromatic heterocycles. The average Bonchev–Trinajstić information content (AvgIpc) is 2.95. The molecule has 0 saturated carbocycles. The van der Waals surface area contributed by atoms with Crippen LogP contribution in [0.1, 0.15) is 31.0 Å². The second kappa shape index (κ2) is 7.23. The summed E-state index contributed by atoms with van der Waals surface area (Å²) in [5.74, 6) is 0.792. The maximum atomic E-state index is 12.1. The summed E-state index contributed by atoms with van der Waals surface area (Å²) in [6.45, 7) is 2.54. The number of benzene rings is 1. The maximum Gasteiger partial charge on any atom is 0.275 e. The van der Waals surface area contributed by atoms with Crippen LogP contribution in [-0.2, 0) is 13.0 Å². The van der Waals surface area contributed by atoms with E-state index in [9.17, 15) is 4.79 Å². The highest BCUT2D eigenvalue weighted by atomic mass is 35.5. The molecule has 0 unspecified atom stereocenters. The Labute approximate surface area is 148 Å². The molecule has 3 aromatic rings. The fourth-order valence-corrected chi connectivity index (χ4v) is 2.83. The second-order valence-electron chi connectivity index (χ2n) is 5.50. The van der Waals surface area contributed by atoms with E-state index >= 15 is 0 Å². The number of nitrogens with one attached hydrogen (secondary N) is 2. The Hall–Kier alpha value is -2.05. The lowest BCUT2D eigenvalue weighted by atomic mass is 10.2. The van der Waals surface area contributed by atoms with Gasteiger partial charge < -0.3 is 10.3 Å². The Balaban J connectivity index is 1.80. The lowest BCUT2D eigenvalue weighted by Crippen LogP contribution is -2.15. The van der Waals surface area contributed by atoms with Crippen molar-refractivity contribution in [1.82, 2.24) is 19.6 Å². The highest BCUT2D eigenvalue weighted by molar-refractivity contribution is 6.35. The predicted octanol–water partition coefficient (Wildman–Crippen LogP) is 3.68. The van der Waals surface area contributed by atoms with E-state index in [0.717, 1.165) is 30.5 Å². The van der Waals surface area contributed by atoms with Gasteiger partial charge in [-0.15, -0.1) is 5.10 Å². The molecular weight excluding hydrogens is 349 g/mol. The molecule has 0 aliphatic heterocycles. The molecule has 0 spiro atoms. The van der Waals surface area contributed by atoms with Crippen molar-refractivity contribution in [2.75, 3.05) is 5.32 Å². The largest absolute Gasteiger partial charge is 0.349 e. The minimum atomic E-state index is -0.195. The Bertz CT molecular complexity index is 918. The van der Waals surface area contributed by atoms with E-state index in [0.29, 0.717) is 28.3 Å². The predicted molar refractivity (Wildman–Crippen MR) is 96.0 cm³/mol. The van der Waals surface area contributed by atoms with Crippen LogP contribution in [0.3, 0.4) is 0 Å². The summed E-state index contributed by atoms with van der Waals surface area (Å²) < 4.78 is 1.25. The summed E-state index contributed by atoms with van der Waals surface area (Å²) in [4.78, 5) is 19.6. The number of hydrogen-bond donors (Lipinski definition) is 2. The Morgan fingerprint density at radius 1 is 1.29 bits per heavy atom. The van der Waals surface area contributed by atoms with E-state index in [2.05, 4.69) is 27.3 Å². The molecule has 0 saturated heterocycles. The summed E-state index contributed by atoms with van der Waals surface area (Å²) in [5, 5.41) is 8.40. The molecule has 24 heavy (non-hydrogen) atoms. The molecule has 0 radical (unpaired) electrons. The minimum Gasteiger partial charge on any atom is -0.349 e. The molecule has 1 aromatic carbocycles. The average molecular weight is 366 g/mol. The monoisotopic (exact) mass is 365 g/mol. The molecule has 126 valence electrons. The third-order valence-electron chi connectivity index (χ3n) is 3.64. The van der Waals surface area contributed by atoms with Gasteiger partial charge in [-0.2, -0.15) is 9.50 Å². The van der Waals surface area contributed by atoms with Crippen molar-refractivity contribution in [2.24, 2.45) is 0 Å². The summed E-state index contributed by atoms with van der Waals surface area (Å²) in [7, 11) is 0. The van der Waals surface area contributed by atoms with Gasteiger partial charge in [0.1, 0.15) is 0 Å². The Morgan fingerprint density at radius 3 is 2.88 bits per heavy atom. The fraction of sp³-hybridized carbons (Fsp3) is 0.312. The number of anilines is 1. The van der Waals surface area contributed by atoms with Gasteiger partial charge in [-0.05, 0) is 30.5 Å². The van der Waals surface area contributed by atoms with Gasteiger partial charge in [0.25, 0.3) is 5.56 Å². The SMILES string of the molecule is CCCCc1cc(=O)n2nc(NCc3ccc(Cl)cc3Cl)nc2[nH]1. The van der Waals surface area contributed by atoms with E-state index in [1.807, 2.05) is 6.07 Å². The van der Waals surface area contributed by atoms with Crippen molar-refractivity contribution in [3.05, 3.63) is 55.9 Å². The van der Waals surface area contributed by atoms with Gasteiger partial charge in [0, 0.05) is 28.4 Å². The lowest BCUT2D eigenvalue weighted by Gasteiger charge is -2.04. The number of halogens is 2.